The highest BCUT2D eigenvalue weighted by atomic mass is 79.9. The van der Waals surface area contributed by atoms with Crippen LogP contribution in [0.2, 0.25) is 0 Å². The van der Waals surface area contributed by atoms with Gasteiger partial charge in [0.2, 0.25) is 0 Å². The van der Waals surface area contributed by atoms with Crippen molar-refractivity contribution in [3.8, 4) is 5.75 Å². The van der Waals surface area contributed by atoms with Gasteiger partial charge >= 0.3 is 0 Å². The van der Waals surface area contributed by atoms with Gasteiger partial charge in [0.05, 0.1) is 11.5 Å². The van der Waals surface area contributed by atoms with E-state index in [0.29, 0.717) is 22.7 Å². The Morgan fingerprint density at radius 3 is 2.72 bits per heavy atom. The van der Waals surface area contributed by atoms with Crippen LogP contribution in [-0.2, 0) is 0 Å². The summed E-state index contributed by atoms with van der Waals surface area (Å²) in [4.78, 5) is 10.4. The third kappa shape index (κ3) is 3.22. The number of benzene rings is 1. The normalized spacial score (nSPS) is 16.5. The summed E-state index contributed by atoms with van der Waals surface area (Å²) in [6.07, 6.45) is 6.25. The summed E-state index contributed by atoms with van der Waals surface area (Å²) in [5, 5.41) is 10.8. The Labute approximate surface area is 115 Å². The van der Waals surface area contributed by atoms with Crippen molar-refractivity contribution in [2.24, 2.45) is 5.92 Å². The monoisotopic (exact) mass is 313 g/mol. The molecule has 0 amide bonds. The largest absolute Gasteiger partial charge is 0.492 e. The van der Waals surface area contributed by atoms with Gasteiger partial charge in [-0.25, -0.2) is 0 Å². The Morgan fingerprint density at radius 1 is 1.33 bits per heavy atom. The van der Waals surface area contributed by atoms with E-state index < -0.39 is 4.92 Å². The lowest BCUT2D eigenvalue weighted by atomic mass is 9.90. The third-order valence-corrected chi connectivity index (χ3v) is 4.14. The van der Waals surface area contributed by atoms with Crippen molar-refractivity contribution in [1.82, 2.24) is 0 Å². The van der Waals surface area contributed by atoms with Gasteiger partial charge in [-0.05, 0) is 40.8 Å². The minimum atomic E-state index is -0.405. The number of rotatable bonds is 4. The molecule has 18 heavy (non-hydrogen) atoms. The summed E-state index contributed by atoms with van der Waals surface area (Å²) in [6, 6.07) is 4.89. The predicted octanol–water partition coefficient (Wildman–Crippen LogP) is 4.32. The summed E-state index contributed by atoms with van der Waals surface area (Å²) in [6.45, 7) is 0.653. The molecule has 1 fully saturated rings. The lowest BCUT2D eigenvalue weighted by Crippen LogP contribution is -2.15. The van der Waals surface area contributed by atoms with Crippen molar-refractivity contribution < 1.29 is 9.66 Å². The SMILES string of the molecule is O=[N+]([O-])c1cccc(OCC2CCCCC2)c1Br. The van der Waals surface area contributed by atoms with Crippen LogP contribution in [0.1, 0.15) is 32.1 Å². The van der Waals surface area contributed by atoms with Gasteiger partial charge in [-0.15, -0.1) is 0 Å². The molecule has 0 bridgehead atoms. The van der Waals surface area contributed by atoms with Crippen molar-refractivity contribution >= 4 is 21.6 Å². The zero-order chi connectivity index (χ0) is 13.0. The molecular formula is C13H16BrNO3. The molecule has 98 valence electrons. The Kier molecular flexibility index (Phi) is 4.58. The summed E-state index contributed by atoms with van der Waals surface area (Å²) in [7, 11) is 0. The summed E-state index contributed by atoms with van der Waals surface area (Å²) >= 11 is 3.24. The maximum atomic E-state index is 10.8. The van der Waals surface area contributed by atoms with E-state index in [9.17, 15) is 10.1 Å². The lowest BCUT2D eigenvalue weighted by Gasteiger charge is -2.21. The summed E-state index contributed by atoms with van der Waals surface area (Å²) < 4.78 is 6.15. The first-order valence-corrected chi connectivity index (χ1v) is 7.03. The highest BCUT2D eigenvalue weighted by Gasteiger charge is 2.18. The number of halogens is 1. The fourth-order valence-electron chi connectivity index (χ4n) is 2.31. The van der Waals surface area contributed by atoms with Gasteiger partial charge in [0, 0.05) is 6.07 Å². The molecule has 0 N–H and O–H groups in total. The fraction of sp³-hybridized carbons (Fsp3) is 0.538. The molecule has 4 nitrogen and oxygen atoms in total. The molecule has 0 spiro atoms. The molecule has 0 atom stereocenters. The van der Waals surface area contributed by atoms with Gasteiger partial charge in [-0.3, -0.25) is 10.1 Å². The van der Waals surface area contributed by atoms with Crippen molar-refractivity contribution in [3.63, 3.8) is 0 Å². The second kappa shape index (κ2) is 6.18. The average Bonchev–Trinajstić information content (AvgIpc) is 2.38. The Hall–Kier alpha value is -1.10. The van der Waals surface area contributed by atoms with Crippen molar-refractivity contribution in [3.05, 3.63) is 32.8 Å². The van der Waals surface area contributed by atoms with Gasteiger partial charge in [0.25, 0.3) is 5.69 Å². The van der Waals surface area contributed by atoms with E-state index >= 15 is 0 Å². The molecule has 0 unspecified atom stereocenters. The minimum absolute atomic E-state index is 0.0520. The van der Waals surface area contributed by atoms with Gasteiger partial charge < -0.3 is 4.74 Å². The molecule has 0 saturated heterocycles. The average molecular weight is 314 g/mol. The molecule has 1 saturated carbocycles. The molecule has 1 aromatic rings. The van der Waals surface area contributed by atoms with Gasteiger partial charge in [0.1, 0.15) is 10.2 Å². The predicted molar refractivity (Wildman–Crippen MR) is 72.9 cm³/mol. The molecule has 0 heterocycles. The van der Waals surface area contributed by atoms with Crippen molar-refractivity contribution in [2.75, 3.05) is 6.61 Å². The van der Waals surface area contributed by atoms with Gasteiger partial charge in [-0.2, -0.15) is 0 Å². The molecule has 0 aromatic heterocycles. The van der Waals surface area contributed by atoms with Gasteiger partial charge in [-0.1, -0.05) is 25.3 Å². The van der Waals surface area contributed by atoms with Crippen LogP contribution in [0.15, 0.2) is 22.7 Å². The molecule has 1 aromatic carbocycles. The molecular weight excluding hydrogens is 298 g/mol. The van der Waals surface area contributed by atoms with Crippen LogP contribution in [-0.4, -0.2) is 11.5 Å². The first-order chi connectivity index (χ1) is 8.68. The van der Waals surface area contributed by atoms with E-state index in [-0.39, 0.29) is 5.69 Å². The molecule has 1 aliphatic carbocycles. The van der Waals surface area contributed by atoms with Crippen LogP contribution < -0.4 is 4.74 Å². The van der Waals surface area contributed by atoms with Crippen LogP contribution in [0, 0.1) is 16.0 Å². The van der Waals surface area contributed by atoms with Crippen LogP contribution in [0.3, 0.4) is 0 Å². The maximum Gasteiger partial charge on any atom is 0.287 e. The Balaban J connectivity index is 2.00. The quantitative estimate of drug-likeness (QED) is 0.614. The number of hydrogen-bond acceptors (Lipinski definition) is 3. The fourth-order valence-corrected chi connectivity index (χ4v) is 2.84. The number of hydrogen-bond donors (Lipinski definition) is 0. The lowest BCUT2D eigenvalue weighted by molar-refractivity contribution is -0.385. The van der Waals surface area contributed by atoms with Gasteiger partial charge in [0.15, 0.2) is 0 Å². The molecule has 0 radical (unpaired) electrons. The second-order valence-corrected chi connectivity index (χ2v) is 5.45. The number of nitro groups is 1. The third-order valence-electron chi connectivity index (χ3n) is 3.34. The summed E-state index contributed by atoms with van der Waals surface area (Å²) in [5.41, 5.74) is 0.0520. The van der Waals surface area contributed by atoms with E-state index in [0.717, 1.165) is 0 Å². The van der Waals surface area contributed by atoms with Crippen LogP contribution in [0.25, 0.3) is 0 Å². The maximum absolute atomic E-state index is 10.8. The highest BCUT2D eigenvalue weighted by Crippen LogP contribution is 2.34. The number of nitro benzene ring substituents is 1. The van der Waals surface area contributed by atoms with E-state index in [1.54, 1.807) is 12.1 Å². The zero-order valence-corrected chi connectivity index (χ0v) is 11.7. The van der Waals surface area contributed by atoms with Crippen LogP contribution in [0.4, 0.5) is 5.69 Å². The number of ether oxygens (including phenoxy) is 1. The van der Waals surface area contributed by atoms with Crippen LogP contribution >= 0.6 is 15.9 Å². The molecule has 0 aliphatic heterocycles. The molecule has 1 aliphatic rings. The van der Waals surface area contributed by atoms with Crippen molar-refractivity contribution in [2.45, 2.75) is 32.1 Å². The van der Waals surface area contributed by atoms with E-state index in [1.165, 1.54) is 38.2 Å². The second-order valence-electron chi connectivity index (χ2n) is 4.66. The smallest absolute Gasteiger partial charge is 0.287 e. The molecule has 5 heteroatoms. The standard InChI is InChI=1S/C13H16BrNO3/c14-13-11(15(16)17)7-4-8-12(13)18-9-10-5-2-1-3-6-10/h4,7-8,10H,1-3,5-6,9H2. The highest BCUT2D eigenvalue weighted by molar-refractivity contribution is 9.10. The first-order valence-electron chi connectivity index (χ1n) is 6.24. The number of nitrogens with zero attached hydrogens (tertiary/aromatic N) is 1. The van der Waals surface area contributed by atoms with E-state index in [4.69, 9.17) is 4.74 Å². The minimum Gasteiger partial charge on any atom is -0.492 e. The van der Waals surface area contributed by atoms with E-state index in [2.05, 4.69) is 15.9 Å². The van der Waals surface area contributed by atoms with Crippen molar-refractivity contribution in [1.29, 1.82) is 0 Å². The molecule has 2 rings (SSSR count). The first kappa shape index (κ1) is 13.3. The summed E-state index contributed by atoms with van der Waals surface area (Å²) in [5.74, 6) is 1.15. The Morgan fingerprint density at radius 2 is 2.06 bits per heavy atom. The zero-order valence-electron chi connectivity index (χ0n) is 10.1. The van der Waals surface area contributed by atoms with Crippen LogP contribution in [0.5, 0.6) is 5.75 Å². The topological polar surface area (TPSA) is 52.4 Å². The van der Waals surface area contributed by atoms with E-state index in [1.807, 2.05) is 0 Å². The Bertz CT molecular complexity index is 430.